The molecule has 0 bridgehead atoms. The first-order chi connectivity index (χ1) is 7.60. The zero-order chi connectivity index (χ0) is 12.1. The number of aliphatic hydroxyl groups excluding tert-OH is 2. The zero-order valence-electron chi connectivity index (χ0n) is 8.70. The molecule has 4 N–H and O–H groups in total. The molecule has 1 fully saturated rings. The van der Waals surface area contributed by atoms with E-state index in [9.17, 15) is 9.90 Å². The molecule has 16 heavy (non-hydrogen) atoms. The van der Waals surface area contributed by atoms with E-state index in [2.05, 4.69) is 15.2 Å². The first-order valence-electron chi connectivity index (χ1n) is 4.74. The van der Waals surface area contributed by atoms with Gasteiger partial charge in [-0.25, -0.2) is 5.26 Å². The van der Waals surface area contributed by atoms with Crippen molar-refractivity contribution in [2.75, 3.05) is 13.2 Å². The van der Waals surface area contributed by atoms with Crippen LogP contribution in [0.15, 0.2) is 0 Å². The summed E-state index contributed by atoms with van der Waals surface area (Å²) in [4.78, 5) is 15.2. The lowest BCUT2D eigenvalue weighted by Gasteiger charge is -2.37. The van der Waals surface area contributed by atoms with E-state index in [1.807, 2.05) is 0 Å². The van der Waals surface area contributed by atoms with E-state index in [0.29, 0.717) is 0 Å². The fraction of sp³-hybridized carbons (Fsp3) is 0.875. The van der Waals surface area contributed by atoms with Crippen molar-refractivity contribution >= 4 is 5.91 Å². The highest BCUT2D eigenvalue weighted by molar-refractivity contribution is 5.73. The van der Waals surface area contributed by atoms with Crippen molar-refractivity contribution in [3.63, 3.8) is 0 Å². The van der Waals surface area contributed by atoms with Crippen LogP contribution in [0, 0.1) is 0 Å². The maximum absolute atomic E-state index is 10.8. The van der Waals surface area contributed by atoms with E-state index in [-0.39, 0.29) is 12.5 Å². The Balaban J connectivity index is 2.63. The van der Waals surface area contributed by atoms with Crippen molar-refractivity contribution in [2.45, 2.75) is 31.3 Å². The largest absolute Gasteiger partial charge is 0.394 e. The average molecular weight is 237 g/mol. The summed E-state index contributed by atoms with van der Waals surface area (Å²) in [6, 6.07) is -0.680. The summed E-state index contributed by atoms with van der Waals surface area (Å²) in [5, 5.41) is 32.8. The van der Waals surface area contributed by atoms with Gasteiger partial charge in [0.25, 0.3) is 0 Å². The second-order valence-corrected chi connectivity index (χ2v) is 3.49. The first kappa shape index (κ1) is 13.3. The van der Waals surface area contributed by atoms with Crippen LogP contribution in [-0.4, -0.2) is 58.9 Å². The third-order valence-corrected chi connectivity index (χ3v) is 2.33. The second-order valence-electron chi connectivity index (χ2n) is 3.49. The van der Waals surface area contributed by atoms with Crippen molar-refractivity contribution < 1.29 is 34.9 Å². The van der Waals surface area contributed by atoms with E-state index in [1.54, 1.807) is 0 Å². The van der Waals surface area contributed by atoms with E-state index in [1.165, 1.54) is 6.92 Å². The molecule has 1 saturated heterocycles. The summed E-state index contributed by atoms with van der Waals surface area (Å²) in [5.74, 6) is -0.334. The summed E-state index contributed by atoms with van der Waals surface area (Å²) in [6.45, 7) is 0.929. The van der Waals surface area contributed by atoms with Gasteiger partial charge in [-0.2, -0.15) is 4.89 Å². The minimum absolute atomic E-state index is 0.0390. The zero-order valence-corrected chi connectivity index (χ0v) is 8.70. The van der Waals surface area contributed by atoms with Crippen molar-refractivity contribution in [1.82, 2.24) is 5.32 Å². The van der Waals surface area contributed by atoms with Gasteiger partial charge in [-0.3, -0.25) is 4.79 Å². The minimum Gasteiger partial charge on any atom is -0.394 e. The molecule has 0 radical (unpaired) electrons. The maximum Gasteiger partial charge on any atom is 0.217 e. The van der Waals surface area contributed by atoms with Crippen molar-refractivity contribution in [1.29, 1.82) is 0 Å². The van der Waals surface area contributed by atoms with Crippen molar-refractivity contribution in [3.8, 4) is 0 Å². The van der Waals surface area contributed by atoms with Gasteiger partial charge in [-0.15, -0.1) is 0 Å². The number of aliphatic hydroxyl groups is 2. The Hall–Kier alpha value is -0.770. The lowest BCUT2D eigenvalue weighted by Crippen LogP contribution is -2.60. The molecule has 0 aromatic heterocycles. The molecule has 1 amide bonds. The van der Waals surface area contributed by atoms with Gasteiger partial charge in [0.15, 0.2) is 6.10 Å². The predicted molar refractivity (Wildman–Crippen MR) is 49.0 cm³/mol. The summed E-state index contributed by atoms with van der Waals surface area (Å²) in [5.41, 5.74) is 0. The molecule has 1 aliphatic heterocycles. The first-order valence-corrected chi connectivity index (χ1v) is 4.74. The van der Waals surface area contributed by atoms with Crippen molar-refractivity contribution in [3.05, 3.63) is 0 Å². The van der Waals surface area contributed by atoms with Crippen LogP contribution >= 0.6 is 0 Å². The third kappa shape index (κ3) is 3.11. The molecule has 1 heterocycles. The van der Waals surface area contributed by atoms with Crippen LogP contribution < -0.4 is 5.32 Å². The Kier molecular flexibility index (Phi) is 5.06. The van der Waals surface area contributed by atoms with Gasteiger partial charge in [0.05, 0.1) is 19.3 Å². The number of amides is 1. The summed E-state index contributed by atoms with van der Waals surface area (Å²) < 4.78 is 5.14. The molecule has 0 spiro atoms. The van der Waals surface area contributed by atoms with E-state index in [4.69, 9.17) is 15.1 Å². The van der Waals surface area contributed by atoms with Crippen LogP contribution in [0.3, 0.4) is 0 Å². The molecule has 8 heteroatoms. The second kappa shape index (κ2) is 6.09. The summed E-state index contributed by atoms with van der Waals surface area (Å²) in [6.07, 6.45) is -3.06. The normalized spacial score (nSPS) is 34.8. The molecule has 0 aromatic carbocycles. The van der Waals surface area contributed by atoms with Crippen LogP contribution in [0.5, 0.6) is 0 Å². The number of hydrogen-bond donors (Lipinski definition) is 4. The fourth-order valence-electron chi connectivity index (χ4n) is 1.58. The third-order valence-electron chi connectivity index (χ3n) is 2.33. The molecule has 4 atom stereocenters. The molecule has 2 unspecified atom stereocenters. The molecule has 0 aromatic rings. The molecule has 1 rings (SSSR count). The summed E-state index contributed by atoms with van der Waals surface area (Å²) in [7, 11) is 0. The maximum atomic E-state index is 10.8. The average Bonchev–Trinajstić information content (AvgIpc) is 2.24. The van der Waals surface area contributed by atoms with Crippen LogP contribution in [0.1, 0.15) is 6.92 Å². The van der Waals surface area contributed by atoms with Gasteiger partial charge in [0.2, 0.25) is 5.91 Å². The number of carbonyl (C=O) groups excluding carboxylic acids is 1. The number of hydrogen-bond acceptors (Lipinski definition) is 7. The summed E-state index contributed by atoms with van der Waals surface area (Å²) >= 11 is 0. The highest BCUT2D eigenvalue weighted by Crippen LogP contribution is 2.18. The number of carbonyl (C=O) groups is 1. The fourth-order valence-corrected chi connectivity index (χ4v) is 1.58. The lowest BCUT2D eigenvalue weighted by molar-refractivity contribution is -0.520. The Bertz CT molecular complexity index is 236. The van der Waals surface area contributed by atoms with Gasteiger partial charge in [0, 0.05) is 6.92 Å². The smallest absolute Gasteiger partial charge is 0.217 e. The topological polar surface area (TPSA) is 117 Å². The van der Waals surface area contributed by atoms with E-state index in [0.717, 1.165) is 0 Å². The molecule has 8 nitrogen and oxygen atoms in total. The van der Waals surface area contributed by atoms with Crippen LogP contribution in [0.2, 0.25) is 0 Å². The Morgan fingerprint density at radius 1 is 1.62 bits per heavy atom. The number of nitrogens with one attached hydrogen (secondary N) is 1. The van der Waals surface area contributed by atoms with Gasteiger partial charge < -0.3 is 20.3 Å². The number of ether oxygens (including phenoxy) is 1. The van der Waals surface area contributed by atoms with E-state index < -0.39 is 31.0 Å². The Morgan fingerprint density at radius 2 is 2.31 bits per heavy atom. The lowest BCUT2D eigenvalue weighted by atomic mass is 9.98. The quantitative estimate of drug-likeness (QED) is 0.331. The molecular weight excluding hydrogens is 222 g/mol. The van der Waals surface area contributed by atoms with Crippen LogP contribution in [0.25, 0.3) is 0 Å². The predicted octanol–water partition coefficient (Wildman–Crippen LogP) is -1.97. The van der Waals surface area contributed by atoms with Gasteiger partial charge in [-0.05, 0) is 0 Å². The molecule has 0 saturated carbocycles. The Morgan fingerprint density at radius 3 is 2.81 bits per heavy atom. The molecular formula is C8H15NO7. The van der Waals surface area contributed by atoms with E-state index >= 15 is 0 Å². The van der Waals surface area contributed by atoms with Crippen LogP contribution in [-0.2, 0) is 19.5 Å². The number of rotatable bonds is 4. The van der Waals surface area contributed by atoms with Gasteiger partial charge in [-0.1, -0.05) is 5.04 Å². The SMILES string of the molecule is CC(=O)NC1COC(CO)[C@H](OOO)[C@H]1O. The monoisotopic (exact) mass is 237 g/mol. The standard InChI is InChI=1S/C8H15NO7/c1-4(11)9-5-3-14-6(2-10)8(7(5)12)15-16-13/h5-8,10,12-13H,2-3H2,1H3,(H,9,11)/t5?,6?,7-,8-/m0/s1. The van der Waals surface area contributed by atoms with Gasteiger partial charge >= 0.3 is 0 Å². The van der Waals surface area contributed by atoms with Gasteiger partial charge in [0.1, 0.15) is 12.2 Å². The van der Waals surface area contributed by atoms with Crippen LogP contribution in [0.4, 0.5) is 0 Å². The minimum atomic E-state index is -1.15. The molecule has 0 aliphatic carbocycles. The molecule has 94 valence electrons. The highest BCUT2D eigenvalue weighted by atomic mass is 17.5. The molecule has 1 aliphatic rings. The van der Waals surface area contributed by atoms with Crippen molar-refractivity contribution in [2.24, 2.45) is 0 Å². The Labute approximate surface area is 91.6 Å². The highest BCUT2D eigenvalue weighted by Gasteiger charge is 2.41.